The molecule has 0 saturated carbocycles. The average molecular weight is 401 g/mol. The van der Waals surface area contributed by atoms with Crippen molar-refractivity contribution in [2.45, 2.75) is 6.92 Å². The van der Waals surface area contributed by atoms with Crippen molar-refractivity contribution in [1.29, 1.82) is 0 Å². The van der Waals surface area contributed by atoms with Crippen LogP contribution < -0.4 is 4.74 Å². The van der Waals surface area contributed by atoms with Gasteiger partial charge in [-0.3, -0.25) is 9.59 Å². The van der Waals surface area contributed by atoms with Gasteiger partial charge in [-0.25, -0.2) is 4.79 Å². The number of esters is 1. The fraction of sp³-hybridized carbons (Fsp3) is 0.158. The first-order chi connectivity index (χ1) is 13.1. The number of nitrogens with zero attached hydrogens (tertiary/aromatic N) is 1. The topological polar surface area (TPSA) is 82.0 Å². The zero-order chi connectivity index (χ0) is 19.2. The van der Waals surface area contributed by atoms with Crippen LogP contribution in [0, 0.1) is 0 Å². The maximum atomic E-state index is 12.7. The summed E-state index contributed by atoms with van der Waals surface area (Å²) in [5.74, 6) is -0.628. The van der Waals surface area contributed by atoms with Gasteiger partial charge in [0.15, 0.2) is 10.8 Å². The Morgan fingerprint density at radius 2 is 1.93 bits per heavy atom. The van der Waals surface area contributed by atoms with Crippen LogP contribution in [0.4, 0.5) is 4.79 Å². The second-order valence-corrected chi connectivity index (χ2v) is 7.20. The van der Waals surface area contributed by atoms with Crippen molar-refractivity contribution < 1.29 is 23.9 Å². The van der Waals surface area contributed by atoms with Crippen molar-refractivity contribution in [3.05, 3.63) is 63.9 Å². The van der Waals surface area contributed by atoms with Crippen molar-refractivity contribution >= 4 is 46.7 Å². The minimum Gasteiger partial charge on any atom is -0.465 e. The third-order valence-corrected chi connectivity index (χ3v) is 5.22. The first kappa shape index (κ1) is 19.1. The summed E-state index contributed by atoms with van der Waals surface area (Å²) in [4.78, 5) is 40.7. The number of ketones is 1. The zero-order valence-electron chi connectivity index (χ0n) is 14.3. The number of benzene rings is 1. The number of fused-ring (bicyclic) bond motifs is 1. The molecule has 1 amide bonds. The molecule has 0 N–H and O–H groups in total. The Morgan fingerprint density at radius 3 is 2.63 bits per heavy atom. The Kier molecular flexibility index (Phi) is 6.20. The predicted molar refractivity (Wildman–Crippen MR) is 105 cm³/mol. The smallest absolute Gasteiger partial charge is 0.440 e. The lowest BCUT2D eigenvalue weighted by atomic mass is 9.94. The standard InChI is InChI=1S/C19H15NO5S2/c1-2-24-16(21)11-27-15-10-14(12-6-3-4-7-13(12)18(15)22)20-19(23)25-17-8-5-9-26-17/h3-10H,2,11H2,1H3/b20-14+. The molecule has 0 fully saturated rings. The molecular weight excluding hydrogens is 386 g/mol. The van der Waals surface area contributed by atoms with Crippen molar-refractivity contribution in [2.24, 2.45) is 4.99 Å². The Bertz CT molecular complexity index is 931. The molecule has 1 aromatic heterocycles. The van der Waals surface area contributed by atoms with Crippen molar-refractivity contribution in [2.75, 3.05) is 12.4 Å². The fourth-order valence-electron chi connectivity index (χ4n) is 2.37. The highest BCUT2D eigenvalue weighted by Crippen LogP contribution is 2.29. The molecule has 0 saturated heterocycles. The monoisotopic (exact) mass is 401 g/mol. The summed E-state index contributed by atoms with van der Waals surface area (Å²) >= 11 is 2.34. The van der Waals surface area contributed by atoms with Gasteiger partial charge in [-0.05, 0) is 30.5 Å². The van der Waals surface area contributed by atoms with Crippen LogP contribution in [0.5, 0.6) is 5.06 Å². The molecule has 3 rings (SSSR count). The highest BCUT2D eigenvalue weighted by molar-refractivity contribution is 8.04. The highest BCUT2D eigenvalue weighted by atomic mass is 32.2. The van der Waals surface area contributed by atoms with Crippen LogP contribution in [0.3, 0.4) is 0 Å². The van der Waals surface area contributed by atoms with Gasteiger partial charge in [-0.15, -0.1) is 23.1 Å². The van der Waals surface area contributed by atoms with E-state index < -0.39 is 12.1 Å². The fourth-order valence-corrected chi connectivity index (χ4v) is 3.73. The van der Waals surface area contributed by atoms with Crippen LogP contribution in [0.2, 0.25) is 0 Å². The number of thioether (sulfide) groups is 1. The first-order valence-corrected chi connectivity index (χ1v) is 9.93. The Labute approximate surface area is 163 Å². The molecular formula is C19H15NO5S2. The minimum absolute atomic E-state index is 0.000498. The number of thiophene rings is 1. The van der Waals surface area contributed by atoms with Crippen molar-refractivity contribution in [1.82, 2.24) is 0 Å². The summed E-state index contributed by atoms with van der Waals surface area (Å²) in [5.41, 5.74) is 1.29. The lowest BCUT2D eigenvalue weighted by molar-refractivity contribution is -0.139. The number of carbonyl (C=O) groups excluding carboxylic acids is 3. The molecule has 1 heterocycles. The Morgan fingerprint density at radius 1 is 1.15 bits per heavy atom. The Balaban J connectivity index is 1.87. The minimum atomic E-state index is -0.775. The number of aliphatic imine (C=N–C) groups is 1. The molecule has 0 atom stereocenters. The van der Waals surface area contributed by atoms with E-state index in [4.69, 9.17) is 9.47 Å². The largest absolute Gasteiger partial charge is 0.465 e. The van der Waals surface area contributed by atoms with E-state index >= 15 is 0 Å². The van der Waals surface area contributed by atoms with Crippen LogP contribution >= 0.6 is 23.1 Å². The number of hydrogen-bond donors (Lipinski definition) is 0. The van der Waals surface area contributed by atoms with E-state index in [1.807, 2.05) is 0 Å². The number of carbonyl (C=O) groups is 3. The average Bonchev–Trinajstić information content (AvgIpc) is 3.16. The third kappa shape index (κ3) is 4.72. The number of rotatable bonds is 5. The van der Waals surface area contributed by atoms with Gasteiger partial charge in [-0.2, -0.15) is 4.99 Å². The van der Waals surface area contributed by atoms with Gasteiger partial charge in [0.1, 0.15) is 0 Å². The van der Waals surface area contributed by atoms with Gasteiger partial charge >= 0.3 is 12.1 Å². The van der Waals surface area contributed by atoms with Crippen molar-refractivity contribution in [3.8, 4) is 5.06 Å². The maximum absolute atomic E-state index is 12.7. The van der Waals surface area contributed by atoms with Gasteiger partial charge in [0.25, 0.3) is 0 Å². The summed E-state index contributed by atoms with van der Waals surface area (Å²) in [6.45, 7) is 1.99. The molecule has 27 heavy (non-hydrogen) atoms. The van der Waals surface area contributed by atoms with E-state index in [-0.39, 0.29) is 18.1 Å². The molecule has 8 heteroatoms. The predicted octanol–water partition coefficient (Wildman–Crippen LogP) is 4.11. The van der Waals surface area contributed by atoms with Gasteiger partial charge in [0.2, 0.25) is 0 Å². The van der Waals surface area contributed by atoms with E-state index in [0.717, 1.165) is 11.8 Å². The second kappa shape index (κ2) is 8.79. The molecule has 0 radical (unpaired) electrons. The maximum Gasteiger partial charge on any atom is 0.440 e. The Hall–Kier alpha value is -2.71. The summed E-state index contributed by atoms with van der Waals surface area (Å²) in [7, 11) is 0. The van der Waals surface area contributed by atoms with E-state index in [9.17, 15) is 14.4 Å². The van der Waals surface area contributed by atoms with Crippen LogP contribution in [0.1, 0.15) is 22.8 Å². The van der Waals surface area contributed by atoms with Gasteiger partial charge < -0.3 is 9.47 Å². The molecule has 0 spiro atoms. The molecule has 0 unspecified atom stereocenters. The zero-order valence-corrected chi connectivity index (χ0v) is 16.0. The van der Waals surface area contributed by atoms with Crippen LogP contribution in [-0.2, 0) is 9.53 Å². The lowest BCUT2D eigenvalue weighted by Crippen LogP contribution is -2.19. The highest BCUT2D eigenvalue weighted by Gasteiger charge is 2.25. The quantitative estimate of drug-likeness (QED) is 0.701. The molecule has 1 aromatic carbocycles. The molecule has 0 aliphatic heterocycles. The van der Waals surface area contributed by atoms with Crippen LogP contribution in [0.25, 0.3) is 0 Å². The van der Waals surface area contributed by atoms with Crippen LogP contribution in [0.15, 0.2) is 57.8 Å². The molecule has 1 aliphatic rings. The summed E-state index contributed by atoms with van der Waals surface area (Å²) in [6.07, 6.45) is 0.729. The van der Waals surface area contributed by atoms with E-state index in [1.165, 1.54) is 17.4 Å². The number of ether oxygens (including phenoxy) is 2. The molecule has 1 aliphatic carbocycles. The number of amides is 1. The van der Waals surface area contributed by atoms with Crippen molar-refractivity contribution in [3.63, 3.8) is 0 Å². The number of hydrogen-bond acceptors (Lipinski definition) is 7. The van der Waals surface area contributed by atoms with Gasteiger partial charge in [-0.1, -0.05) is 24.3 Å². The molecule has 138 valence electrons. The molecule has 0 bridgehead atoms. The number of allylic oxidation sites excluding steroid dienone is 2. The summed E-state index contributed by atoms with van der Waals surface area (Å²) in [5, 5.41) is 2.22. The lowest BCUT2D eigenvalue weighted by Gasteiger charge is -2.16. The number of Topliss-reactive ketones (excluding diaryl/α,β-unsaturated/α-hetero) is 1. The third-order valence-electron chi connectivity index (χ3n) is 3.48. The SMILES string of the molecule is CCOC(=O)CSC1=C/C(=N\C(=O)Oc2cccs2)c2ccccc2C1=O. The normalized spacial score (nSPS) is 14.5. The molecule has 6 nitrogen and oxygen atoms in total. The summed E-state index contributed by atoms with van der Waals surface area (Å²) < 4.78 is 10.0. The molecule has 2 aromatic rings. The van der Waals surface area contributed by atoms with E-state index in [1.54, 1.807) is 48.7 Å². The van der Waals surface area contributed by atoms with Gasteiger partial charge in [0.05, 0.1) is 23.0 Å². The first-order valence-electron chi connectivity index (χ1n) is 8.06. The van der Waals surface area contributed by atoms with E-state index in [2.05, 4.69) is 4.99 Å². The van der Waals surface area contributed by atoms with E-state index in [0.29, 0.717) is 26.8 Å². The summed E-state index contributed by atoms with van der Waals surface area (Å²) in [6, 6.07) is 10.3. The second-order valence-electron chi connectivity index (χ2n) is 5.27. The van der Waals surface area contributed by atoms with Gasteiger partial charge in [0, 0.05) is 11.1 Å². The van der Waals surface area contributed by atoms with Crippen LogP contribution in [-0.4, -0.2) is 35.9 Å².